The van der Waals surface area contributed by atoms with Gasteiger partial charge >= 0.3 is 0 Å². The van der Waals surface area contributed by atoms with Crippen molar-refractivity contribution in [1.29, 1.82) is 0 Å². The van der Waals surface area contributed by atoms with E-state index in [0.717, 1.165) is 29.0 Å². The second kappa shape index (κ2) is 7.36. The zero-order valence-electron chi connectivity index (χ0n) is 13.7. The Balaban J connectivity index is 1.78. The largest absolute Gasteiger partial charge is 0.298 e. The lowest BCUT2D eigenvalue weighted by Gasteiger charge is -2.02. The third kappa shape index (κ3) is 3.68. The first kappa shape index (κ1) is 16.3. The Morgan fingerprint density at radius 1 is 1.21 bits per heavy atom. The molecule has 4 nitrogen and oxygen atoms in total. The minimum atomic E-state index is -0.193. The molecule has 1 aromatic carbocycles. The molecule has 2 aromatic heterocycles. The number of pyridine rings is 1. The summed E-state index contributed by atoms with van der Waals surface area (Å²) < 4.78 is 0. The lowest BCUT2D eigenvalue weighted by Crippen LogP contribution is -2.11. The molecule has 3 rings (SSSR count). The van der Waals surface area contributed by atoms with Gasteiger partial charge in [0.05, 0.1) is 11.3 Å². The van der Waals surface area contributed by atoms with Crippen molar-refractivity contribution in [2.75, 3.05) is 5.32 Å². The monoisotopic (exact) mass is 337 g/mol. The van der Waals surface area contributed by atoms with E-state index in [1.165, 1.54) is 16.9 Å². The highest BCUT2D eigenvalue weighted by Crippen LogP contribution is 2.30. The molecule has 0 aliphatic rings. The van der Waals surface area contributed by atoms with Crippen LogP contribution in [0.3, 0.4) is 0 Å². The lowest BCUT2D eigenvalue weighted by molar-refractivity contribution is 0.102. The average molecular weight is 337 g/mol. The summed E-state index contributed by atoms with van der Waals surface area (Å²) in [6.07, 6.45) is 5.41. The molecule has 0 spiro atoms. The van der Waals surface area contributed by atoms with Crippen molar-refractivity contribution in [2.24, 2.45) is 0 Å². The summed E-state index contributed by atoms with van der Waals surface area (Å²) in [4.78, 5) is 21.8. The summed E-state index contributed by atoms with van der Waals surface area (Å²) >= 11 is 1.48. The van der Waals surface area contributed by atoms with Gasteiger partial charge in [-0.2, -0.15) is 0 Å². The fourth-order valence-electron chi connectivity index (χ4n) is 2.50. The van der Waals surface area contributed by atoms with Gasteiger partial charge in [-0.1, -0.05) is 37.6 Å². The number of carbonyl (C=O) groups excluding carboxylic acids is 1. The third-order valence-electron chi connectivity index (χ3n) is 3.71. The number of hydrogen-bond acceptors (Lipinski definition) is 4. The first-order valence-corrected chi connectivity index (χ1v) is 8.77. The molecule has 0 saturated carbocycles. The number of aromatic nitrogens is 2. The molecule has 5 heteroatoms. The Labute approximate surface area is 145 Å². The highest BCUT2D eigenvalue weighted by molar-refractivity contribution is 7.16. The average Bonchev–Trinajstić information content (AvgIpc) is 2.97. The molecule has 0 radical (unpaired) electrons. The second-order valence-electron chi connectivity index (χ2n) is 5.57. The zero-order valence-corrected chi connectivity index (χ0v) is 14.6. The van der Waals surface area contributed by atoms with Crippen molar-refractivity contribution < 1.29 is 4.79 Å². The van der Waals surface area contributed by atoms with Crippen molar-refractivity contribution in [2.45, 2.75) is 26.7 Å². The van der Waals surface area contributed by atoms with Crippen LogP contribution < -0.4 is 5.32 Å². The van der Waals surface area contributed by atoms with Crippen molar-refractivity contribution in [1.82, 2.24) is 9.97 Å². The van der Waals surface area contributed by atoms with Gasteiger partial charge < -0.3 is 0 Å². The number of carbonyl (C=O) groups is 1. The molecule has 1 N–H and O–H groups in total. The van der Waals surface area contributed by atoms with Gasteiger partial charge in [0, 0.05) is 22.8 Å². The zero-order chi connectivity index (χ0) is 16.9. The standard InChI is InChI=1S/C19H19N3OS/c1-3-5-14-7-9-15(10-8-14)17-13(2)24-19(21-17)22-18(23)16-6-4-11-20-12-16/h4,6-12H,3,5H2,1-2H3,(H,21,22,23). The van der Waals surface area contributed by atoms with E-state index in [9.17, 15) is 4.79 Å². The Hall–Kier alpha value is -2.53. The van der Waals surface area contributed by atoms with Crippen LogP contribution in [0.25, 0.3) is 11.3 Å². The summed E-state index contributed by atoms with van der Waals surface area (Å²) in [5, 5.41) is 3.45. The minimum Gasteiger partial charge on any atom is -0.298 e. The van der Waals surface area contributed by atoms with Crippen molar-refractivity contribution in [3.05, 3.63) is 64.8 Å². The van der Waals surface area contributed by atoms with E-state index in [2.05, 4.69) is 46.5 Å². The van der Waals surface area contributed by atoms with E-state index in [0.29, 0.717) is 10.7 Å². The summed E-state index contributed by atoms with van der Waals surface area (Å²) in [5.41, 5.74) is 3.85. The van der Waals surface area contributed by atoms with E-state index >= 15 is 0 Å². The van der Waals surface area contributed by atoms with Gasteiger partial charge in [0.25, 0.3) is 5.91 Å². The van der Waals surface area contributed by atoms with Crippen LogP contribution >= 0.6 is 11.3 Å². The molecular weight excluding hydrogens is 318 g/mol. The van der Waals surface area contributed by atoms with Gasteiger partial charge in [0.1, 0.15) is 0 Å². The first-order chi connectivity index (χ1) is 11.7. The molecule has 3 aromatic rings. The minimum absolute atomic E-state index is 0.193. The summed E-state index contributed by atoms with van der Waals surface area (Å²) in [6.45, 7) is 4.20. The maximum Gasteiger partial charge on any atom is 0.259 e. The van der Waals surface area contributed by atoms with Gasteiger partial charge in [0.15, 0.2) is 5.13 Å². The predicted molar refractivity (Wildman–Crippen MR) is 98.5 cm³/mol. The smallest absolute Gasteiger partial charge is 0.259 e. The number of anilines is 1. The topological polar surface area (TPSA) is 54.9 Å². The number of thiazole rings is 1. The molecule has 1 amide bonds. The Morgan fingerprint density at radius 3 is 2.67 bits per heavy atom. The lowest BCUT2D eigenvalue weighted by atomic mass is 10.1. The van der Waals surface area contributed by atoms with Crippen LogP contribution in [0.5, 0.6) is 0 Å². The highest BCUT2D eigenvalue weighted by Gasteiger charge is 2.13. The third-order valence-corrected chi connectivity index (χ3v) is 4.59. The van der Waals surface area contributed by atoms with Crippen molar-refractivity contribution >= 4 is 22.4 Å². The number of nitrogens with one attached hydrogen (secondary N) is 1. The fourth-order valence-corrected chi connectivity index (χ4v) is 3.33. The van der Waals surface area contributed by atoms with Crippen LogP contribution in [0.1, 0.15) is 34.1 Å². The first-order valence-electron chi connectivity index (χ1n) is 7.95. The van der Waals surface area contributed by atoms with E-state index in [1.54, 1.807) is 24.5 Å². The Kier molecular flexibility index (Phi) is 5.01. The van der Waals surface area contributed by atoms with Gasteiger partial charge in [-0.3, -0.25) is 15.1 Å². The van der Waals surface area contributed by atoms with Crippen LogP contribution in [0.2, 0.25) is 0 Å². The maximum atomic E-state index is 12.2. The van der Waals surface area contributed by atoms with E-state index in [4.69, 9.17) is 0 Å². The van der Waals surface area contributed by atoms with Gasteiger partial charge in [-0.15, -0.1) is 11.3 Å². The maximum absolute atomic E-state index is 12.2. The van der Waals surface area contributed by atoms with Gasteiger partial charge in [0.2, 0.25) is 0 Å². The number of aryl methyl sites for hydroxylation is 2. The fraction of sp³-hybridized carbons (Fsp3) is 0.211. The van der Waals surface area contributed by atoms with Crippen molar-refractivity contribution in [3.8, 4) is 11.3 Å². The molecule has 24 heavy (non-hydrogen) atoms. The van der Waals surface area contributed by atoms with Crippen LogP contribution in [0.4, 0.5) is 5.13 Å². The Bertz CT molecular complexity index is 826. The van der Waals surface area contributed by atoms with Crippen LogP contribution in [-0.2, 0) is 6.42 Å². The molecular formula is C19H19N3OS. The summed E-state index contributed by atoms with van der Waals surface area (Å²) in [5.74, 6) is -0.193. The molecule has 0 bridgehead atoms. The molecule has 0 aliphatic heterocycles. The molecule has 0 saturated heterocycles. The number of amides is 1. The molecule has 0 fully saturated rings. The van der Waals surface area contributed by atoms with Crippen LogP contribution in [0.15, 0.2) is 48.8 Å². The SMILES string of the molecule is CCCc1ccc(-c2nc(NC(=O)c3cccnc3)sc2C)cc1. The second-order valence-corrected chi connectivity index (χ2v) is 6.77. The number of hydrogen-bond donors (Lipinski definition) is 1. The highest BCUT2D eigenvalue weighted by atomic mass is 32.1. The van der Waals surface area contributed by atoms with Crippen LogP contribution in [-0.4, -0.2) is 15.9 Å². The quantitative estimate of drug-likeness (QED) is 0.733. The van der Waals surface area contributed by atoms with Crippen molar-refractivity contribution in [3.63, 3.8) is 0 Å². The van der Waals surface area contributed by atoms with E-state index in [-0.39, 0.29) is 5.91 Å². The predicted octanol–water partition coefficient (Wildman–Crippen LogP) is 4.72. The normalized spacial score (nSPS) is 10.6. The molecule has 122 valence electrons. The van der Waals surface area contributed by atoms with E-state index < -0.39 is 0 Å². The molecule has 0 atom stereocenters. The number of nitrogens with zero attached hydrogens (tertiary/aromatic N) is 2. The van der Waals surface area contributed by atoms with Gasteiger partial charge in [-0.25, -0.2) is 4.98 Å². The summed E-state index contributed by atoms with van der Waals surface area (Å²) in [7, 11) is 0. The van der Waals surface area contributed by atoms with E-state index in [1.807, 2.05) is 6.92 Å². The Morgan fingerprint density at radius 2 is 2.00 bits per heavy atom. The molecule has 0 aliphatic carbocycles. The molecule has 0 unspecified atom stereocenters. The summed E-state index contributed by atoms with van der Waals surface area (Å²) in [6, 6.07) is 12.0. The van der Waals surface area contributed by atoms with Crippen LogP contribution in [0, 0.1) is 6.92 Å². The van der Waals surface area contributed by atoms with Gasteiger partial charge in [-0.05, 0) is 31.0 Å². The number of rotatable bonds is 5. The number of benzene rings is 1. The molecule has 2 heterocycles.